The first-order valence-corrected chi connectivity index (χ1v) is 5.36. The summed E-state index contributed by atoms with van der Waals surface area (Å²) in [7, 11) is 0. The molecular weight excluding hydrogens is 208 g/mol. The molecule has 0 saturated carbocycles. The van der Waals surface area contributed by atoms with Gasteiger partial charge in [0.25, 0.3) is 5.69 Å². The van der Waals surface area contributed by atoms with Gasteiger partial charge in [-0.25, -0.2) is 0 Å². The first kappa shape index (κ1) is 10.9. The first-order valence-electron chi connectivity index (χ1n) is 5.36. The highest BCUT2D eigenvalue weighted by Crippen LogP contribution is 2.23. The van der Waals surface area contributed by atoms with Crippen molar-refractivity contribution in [1.29, 1.82) is 0 Å². The minimum absolute atomic E-state index is 0.112. The van der Waals surface area contributed by atoms with Crippen molar-refractivity contribution in [3.63, 3.8) is 0 Å². The quantitative estimate of drug-likeness (QED) is 0.626. The van der Waals surface area contributed by atoms with Crippen LogP contribution in [-0.2, 0) is 4.74 Å². The Morgan fingerprint density at radius 3 is 3.00 bits per heavy atom. The van der Waals surface area contributed by atoms with Gasteiger partial charge in [-0.2, -0.15) is 0 Å². The average Bonchev–Trinajstić information content (AvgIpc) is 2.79. The van der Waals surface area contributed by atoms with Crippen LogP contribution in [0.5, 0.6) is 0 Å². The van der Waals surface area contributed by atoms with Gasteiger partial charge in [-0.15, -0.1) is 0 Å². The van der Waals surface area contributed by atoms with Crippen molar-refractivity contribution < 1.29 is 9.66 Å². The van der Waals surface area contributed by atoms with Crippen LogP contribution in [0.1, 0.15) is 12.8 Å². The molecule has 1 aromatic carbocycles. The molecule has 1 fully saturated rings. The molecule has 1 heterocycles. The third-order valence-corrected chi connectivity index (χ3v) is 2.64. The SMILES string of the molecule is O=[N+]([O-])c1ccccc1NC[C@@H]1CCCO1. The summed E-state index contributed by atoms with van der Waals surface area (Å²) in [5, 5.41) is 13.8. The Bertz CT molecular complexity index is 375. The van der Waals surface area contributed by atoms with E-state index in [1.165, 1.54) is 6.07 Å². The Morgan fingerprint density at radius 2 is 2.31 bits per heavy atom. The monoisotopic (exact) mass is 222 g/mol. The molecule has 0 aromatic heterocycles. The number of rotatable bonds is 4. The summed E-state index contributed by atoms with van der Waals surface area (Å²) in [5.41, 5.74) is 0.670. The summed E-state index contributed by atoms with van der Waals surface area (Å²) in [6.45, 7) is 1.42. The molecule has 1 atom stereocenters. The number of anilines is 1. The molecule has 1 N–H and O–H groups in total. The fourth-order valence-electron chi connectivity index (χ4n) is 1.81. The van der Waals surface area contributed by atoms with Crippen LogP contribution in [0.25, 0.3) is 0 Å². The Kier molecular flexibility index (Phi) is 3.36. The highest BCUT2D eigenvalue weighted by Gasteiger charge is 2.17. The average molecular weight is 222 g/mol. The molecule has 0 amide bonds. The molecule has 5 heteroatoms. The summed E-state index contributed by atoms with van der Waals surface area (Å²) in [5.74, 6) is 0. The molecule has 2 rings (SSSR count). The fraction of sp³-hybridized carbons (Fsp3) is 0.455. The molecule has 0 bridgehead atoms. The van der Waals surface area contributed by atoms with Crippen LogP contribution in [0.3, 0.4) is 0 Å². The molecule has 1 aromatic rings. The number of hydrogen-bond donors (Lipinski definition) is 1. The maximum absolute atomic E-state index is 10.8. The summed E-state index contributed by atoms with van der Waals surface area (Å²) >= 11 is 0. The van der Waals surface area contributed by atoms with Crippen LogP contribution in [0.15, 0.2) is 24.3 Å². The van der Waals surface area contributed by atoms with Crippen LogP contribution in [-0.4, -0.2) is 24.2 Å². The summed E-state index contributed by atoms with van der Waals surface area (Å²) in [4.78, 5) is 10.4. The standard InChI is InChI=1S/C11H14N2O3/c14-13(15)11-6-2-1-5-10(11)12-8-9-4-3-7-16-9/h1-2,5-6,9,12H,3-4,7-8H2/t9-/m0/s1. The summed E-state index contributed by atoms with van der Waals surface area (Å²) in [6, 6.07) is 6.66. The van der Waals surface area contributed by atoms with Gasteiger partial charge >= 0.3 is 0 Å². The number of hydrogen-bond acceptors (Lipinski definition) is 4. The minimum atomic E-state index is -0.377. The molecule has 16 heavy (non-hydrogen) atoms. The number of nitro benzene ring substituents is 1. The van der Waals surface area contributed by atoms with Gasteiger partial charge in [0.15, 0.2) is 0 Å². The lowest BCUT2D eigenvalue weighted by atomic mass is 10.2. The number of nitrogens with zero attached hydrogens (tertiary/aromatic N) is 1. The van der Waals surface area contributed by atoms with Gasteiger partial charge in [0.2, 0.25) is 0 Å². The van der Waals surface area contributed by atoms with Crippen molar-refractivity contribution in [3.8, 4) is 0 Å². The van der Waals surface area contributed by atoms with Crippen molar-refractivity contribution in [1.82, 2.24) is 0 Å². The van der Waals surface area contributed by atoms with Crippen molar-refractivity contribution in [2.24, 2.45) is 0 Å². The molecule has 0 radical (unpaired) electrons. The normalized spacial score (nSPS) is 19.6. The number of nitrogens with one attached hydrogen (secondary N) is 1. The molecule has 0 unspecified atom stereocenters. The van der Waals surface area contributed by atoms with Gasteiger partial charge in [-0.3, -0.25) is 10.1 Å². The lowest BCUT2D eigenvalue weighted by Gasteiger charge is -2.11. The third kappa shape index (κ3) is 2.49. The first-order chi connectivity index (χ1) is 7.77. The van der Waals surface area contributed by atoms with Gasteiger partial charge in [-0.05, 0) is 18.9 Å². The van der Waals surface area contributed by atoms with E-state index < -0.39 is 0 Å². The molecule has 5 nitrogen and oxygen atoms in total. The van der Waals surface area contributed by atoms with Crippen molar-refractivity contribution >= 4 is 11.4 Å². The van der Waals surface area contributed by atoms with Crippen LogP contribution in [0, 0.1) is 10.1 Å². The second-order valence-corrected chi connectivity index (χ2v) is 3.79. The second-order valence-electron chi connectivity index (χ2n) is 3.79. The Balaban J connectivity index is 2.00. The maximum atomic E-state index is 10.8. The van der Waals surface area contributed by atoms with Gasteiger partial charge in [0.1, 0.15) is 5.69 Å². The lowest BCUT2D eigenvalue weighted by Crippen LogP contribution is -2.18. The van der Waals surface area contributed by atoms with E-state index in [9.17, 15) is 10.1 Å². The van der Waals surface area contributed by atoms with E-state index in [-0.39, 0.29) is 16.7 Å². The largest absolute Gasteiger partial charge is 0.377 e. The van der Waals surface area contributed by atoms with Gasteiger partial charge in [-0.1, -0.05) is 12.1 Å². The Labute approximate surface area is 93.6 Å². The smallest absolute Gasteiger partial charge is 0.292 e. The zero-order chi connectivity index (χ0) is 11.4. The van der Waals surface area contributed by atoms with E-state index in [1.54, 1.807) is 18.2 Å². The lowest BCUT2D eigenvalue weighted by molar-refractivity contribution is -0.384. The van der Waals surface area contributed by atoms with E-state index in [4.69, 9.17) is 4.74 Å². The molecule has 86 valence electrons. The number of ether oxygens (including phenoxy) is 1. The predicted octanol–water partition coefficient (Wildman–Crippen LogP) is 2.19. The topological polar surface area (TPSA) is 64.4 Å². The Morgan fingerprint density at radius 1 is 1.50 bits per heavy atom. The van der Waals surface area contributed by atoms with Gasteiger partial charge in [0, 0.05) is 19.2 Å². The fourth-order valence-corrected chi connectivity index (χ4v) is 1.81. The molecule has 1 saturated heterocycles. The molecule has 0 aliphatic carbocycles. The zero-order valence-electron chi connectivity index (χ0n) is 8.89. The van der Waals surface area contributed by atoms with E-state index in [0.717, 1.165) is 19.4 Å². The molecule has 0 spiro atoms. The second kappa shape index (κ2) is 4.94. The predicted molar refractivity (Wildman–Crippen MR) is 60.6 cm³/mol. The van der Waals surface area contributed by atoms with Crippen molar-refractivity contribution in [2.45, 2.75) is 18.9 Å². The van der Waals surface area contributed by atoms with Gasteiger partial charge < -0.3 is 10.1 Å². The highest BCUT2D eigenvalue weighted by atomic mass is 16.6. The van der Waals surface area contributed by atoms with E-state index in [0.29, 0.717) is 12.2 Å². The third-order valence-electron chi connectivity index (χ3n) is 2.64. The molecule has 1 aliphatic heterocycles. The molecule has 1 aliphatic rings. The zero-order valence-corrected chi connectivity index (χ0v) is 8.89. The minimum Gasteiger partial charge on any atom is -0.377 e. The summed E-state index contributed by atoms with van der Waals surface area (Å²) in [6.07, 6.45) is 2.27. The number of nitro groups is 1. The van der Waals surface area contributed by atoms with Gasteiger partial charge in [0.05, 0.1) is 11.0 Å². The van der Waals surface area contributed by atoms with Crippen molar-refractivity contribution in [3.05, 3.63) is 34.4 Å². The van der Waals surface area contributed by atoms with E-state index >= 15 is 0 Å². The van der Waals surface area contributed by atoms with E-state index in [1.807, 2.05) is 0 Å². The van der Waals surface area contributed by atoms with E-state index in [2.05, 4.69) is 5.32 Å². The van der Waals surface area contributed by atoms with Crippen molar-refractivity contribution in [2.75, 3.05) is 18.5 Å². The van der Waals surface area contributed by atoms with Crippen LogP contribution < -0.4 is 5.32 Å². The Hall–Kier alpha value is -1.62. The molecular formula is C11H14N2O3. The summed E-state index contributed by atoms with van der Waals surface area (Å²) < 4.78 is 5.44. The van der Waals surface area contributed by atoms with Crippen LogP contribution >= 0.6 is 0 Å². The number of benzene rings is 1. The highest BCUT2D eigenvalue weighted by molar-refractivity contribution is 5.61. The number of para-hydroxylation sites is 2. The van der Waals surface area contributed by atoms with Crippen LogP contribution in [0.2, 0.25) is 0 Å². The maximum Gasteiger partial charge on any atom is 0.292 e. The van der Waals surface area contributed by atoms with Crippen LogP contribution in [0.4, 0.5) is 11.4 Å².